The molecule has 0 radical (unpaired) electrons. The van der Waals surface area contributed by atoms with Crippen molar-refractivity contribution in [1.82, 2.24) is 0 Å². The van der Waals surface area contributed by atoms with Gasteiger partial charge < -0.3 is 5.11 Å². The van der Waals surface area contributed by atoms with Gasteiger partial charge in [-0.3, -0.25) is 0 Å². The third-order valence-corrected chi connectivity index (χ3v) is 2.14. The maximum Gasteiger partial charge on any atom is 0.0679 e. The minimum absolute atomic E-state index is 0.173. The SMILES string of the molecule is OCC1=CC2(C=CC2)C=C1. The Morgan fingerprint density at radius 2 is 2.30 bits per heavy atom. The van der Waals surface area contributed by atoms with Gasteiger partial charge in [0, 0.05) is 5.41 Å². The normalized spacial score (nSPS) is 34.7. The molecule has 0 aromatic carbocycles. The summed E-state index contributed by atoms with van der Waals surface area (Å²) in [6.45, 7) is 0.173. The van der Waals surface area contributed by atoms with Crippen molar-refractivity contribution in [3.63, 3.8) is 0 Å². The van der Waals surface area contributed by atoms with Gasteiger partial charge in [0.05, 0.1) is 6.61 Å². The van der Waals surface area contributed by atoms with Crippen molar-refractivity contribution >= 4 is 0 Å². The molecule has 1 spiro atoms. The van der Waals surface area contributed by atoms with Crippen LogP contribution in [0.3, 0.4) is 0 Å². The number of aliphatic hydroxyl groups excluding tert-OH is 1. The average Bonchev–Trinajstić information content (AvgIpc) is 2.29. The largest absolute Gasteiger partial charge is 0.392 e. The zero-order valence-corrected chi connectivity index (χ0v) is 5.75. The summed E-state index contributed by atoms with van der Waals surface area (Å²) in [5.41, 5.74) is 1.25. The predicted molar refractivity (Wildman–Crippen MR) is 40.5 cm³/mol. The molecule has 2 aliphatic carbocycles. The second-order valence-corrected chi connectivity index (χ2v) is 2.93. The van der Waals surface area contributed by atoms with Crippen LogP contribution in [0.5, 0.6) is 0 Å². The number of rotatable bonds is 1. The standard InChI is InChI=1S/C9H10O/c10-7-8-2-5-9(6-8)3-1-4-9/h1-3,5-6,10H,4,7H2. The van der Waals surface area contributed by atoms with Crippen molar-refractivity contribution in [3.05, 3.63) is 36.0 Å². The molecule has 0 heterocycles. The van der Waals surface area contributed by atoms with Crippen molar-refractivity contribution in [2.75, 3.05) is 6.61 Å². The molecule has 1 unspecified atom stereocenters. The molecule has 10 heavy (non-hydrogen) atoms. The van der Waals surface area contributed by atoms with E-state index >= 15 is 0 Å². The molecule has 2 rings (SSSR count). The van der Waals surface area contributed by atoms with Gasteiger partial charge in [0.2, 0.25) is 0 Å². The van der Waals surface area contributed by atoms with E-state index in [-0.39, 0.29) is 12.0 Å². The highest BCUT2D eigenvalue weighted by molar-refractivity contribution is 5.42. The predicted octanol–water partition coefficient (Wildman–Crippen LogP) is 1.42. The summed E-state index contributed by atoms with van der Waals surface area (Å²) in [7, 11) is 0. The van der Waals surface area contributed by atoms with E-state index in [1.54, 1.807) is 0 Å². The van der Waals surface area contributed by atoms with Crippen molar-refractivity contribution in [1.29, 1.82) is 0 Å². The Kier molecular flexibility index (Phi) is 1.08. The molecular weight excluding hydrogens is 124 g/mol. The molecule has 1 N–H and O–H groups in total. The van der Waals surface area contributed by atoms with Gasteiger partial charge in [-0.2, -0.15) is 0 Å². The summed E-state index contributed by atoms with van der Waals surface area (Å²) in [4.78, 5) is 0. The molecule has 0 fully saturated rings. The number of aliphatic hydroxyl groups is 1. The lowest BCUT2D eigenvalue weighted by Gasteiger charge is -2.26. The first-order chi connectivity index (χ1) is 4.85. The number of hydrogen-bond donors (Lipinski definition) is 1. The van der Waals surface area contributed by atoms with Gasteiger partial charge in [0.25, 0.3) is 0 Å². The molecule has 1 heteroatoms. The summed E-state index contributed by atoms with van der Waals surface area (Å²) in [6, 6.07) is 0. The lowest BCUT2D eigenvalue weighted by Crippen LogP contribution is -2.15. The molecule has 0 bridgehead atoms. The maximum absolute atomic E-state index is 8.77. The fourth-order valence-corrected chi connectivity index (χ4v) is 1.42. The van der Waals surface area contributed by atoms with Crippen LogP contribution in [-0.2, 0) is 0 Å². The first kappa shape index (κ1) is 5.93. The highest BCUT2D eigenvalue weighted by Gasteiger charge is 2.28. The summed E-state index contributed by atoms with van der Waals surface area (Å²) >= 11 is 0. The van der Waals surface area contributed by atoms with Gasteiger partial charge in [-0.05, 0) is 12.0 Å². The molecule has 0 amide bonds. The van der Waals surface area contributed by atoms with Crippen LogP contribution in [0.4, 0.5) is 0 Å². The van der Waals surface area contributed by atoms with E-state index in [9.17, 15) is 0 Å². The third kappa shape index (κ3) is 0.673. The van der Waals surface area contributed by atoms with Crippen molar-refractivity contribution in [3.8, 4) is 0 Å². The monoisotopic (exact) mass is 134 g/mol. The van der Waals surface area contributed by atoms with Crippen molar-refractivity contribution in [2.45, 2.75) is 6.42 Å². The third-order valence-electron chi connectivity index (χ3n) is 2.14. The lowest BCUT2D eigenvalue weighted by molar-refractivity contribution is 0.334. The van der Waals surface area contributed by atoms with E-state index < -0.39 is 0 Å². The maximum atomic E-state index is 8.77. The molecule has 0 aliphatic heterocycles. The van der Waals surface area contributed by atoms with Gasteiger partial charge in [-0.25, -0.2) is 0 Å². The highest BCUT2D eigenvalue weighted by Crippen LogP contribution is 2.40. The van der Waals surface area contributed by atoms with Crippen LogP contribution in [-0.4, -0.2) is 11.7 Å². The minimum Gasteiger partial charge on any atom is -0.392 e. The molecular formula is C9H10O. The van der Waals surface area contributed by atoms with E-state index in [1.165, 1.54) is 0 Å². The molecule has 0 saturated heterocycles. The second kappa shape index (κ2) is 1.83. The first-order valence-corrected chi connectivity index (χ1v) is 3.54. The van der Waals surface area contributed by atoms with E-state index in [0.717, 1.165) is 12.0 Å². The molecule has 0 aromatic rings. The van der Waals surface area contributed by atoms with Gasteiger partial charge in [-0.1, -0.05) is 30.4 Å². The molecule has 52 valence electrons. The number of hydrogen-bond acceptors (Lipinski definition) is 1. The van der Waals surface area contributed by atoms with Gasteiger partial charge >= 0.3 is 0 Å². The zero-order chi connectivity index (χ0) is 7.03. The van der Waals surface area contributed by atoms with Crippen LogP contribution in [0, 0.1) is 5.41 Å². The second-order valence-electron chi connectivity index (χ2n) is 2.93. The summed E-state index contributed by atoms with van der Waals surface area (Å²) < 4.78 is 0. The molecule has 1 atom stereocenters. The Balaban J connectivity index is 2.26. The van der Waals surface area contributed by atoms with Crippen LogP contribution in [0.15, 0.2) is 36.0 Å². The summed E-state index contributed by atoms with van der Waals surface area (Å²) in [5.74, 6) is 0. The average molecular weight is 134 g/mol. The van der Waals surface area contributed by atoms with Crippen LogP contribution in [0.2, 0.25) is 0 Å². The molecule has 2 aliphatic rings. The Morgan fingerprint density at radius 1 is 1.50 bits per heavy atom. The fraction of sp³-hybridized carbons (Fsp3) is 0.333. The Morgan fingerprint density at radius 3 is 2.60 bits per heavy atom. The molecule has 0 aromatic heterocycles. The van der Waals surface area contributed by atoms with E-state index in [2.05, 4.69) is 24.3 Å². The summed E-state index contributed by atoms with van der Waals surface area (Å²) in [6.07, 6.45) is 11.7. The van der Waals surface area contributed by atoms with Crippen molar-refractivity contribution in [2.24, 2.45) is 5.41 Å². The Labute approximate surface area is 60.4 Å². The highest BCUT2D eigenvalue weighted by atomic mass is 16.3. The van der Waals surface area contributed by atoms with E-state index in [0.29, 0.717) is 0 Å². The van der Waals surface area contributed by atoms with Gasteiger partial charge in [-0.15, -0.1) is 0 Å². The molecule has 0 saturated carbocycles. The van der Waals surface area contributed by atoms with Crippen molar-refractivity contribution < 1.29 is 5.11 Å². The topological polar surface area (TPSA) is 20.2 Å². The first-order valence-electron chi connectivity index (χ1n) is 3.54. The van der Waals surface area contributed by atoms with Gasteiger partial charge in [0.1, 0.15) is 0 Å². The van der Waals surface area contributed by atoms with E-state index in [1.807, 2.05) is 6.08 Å². The Bertz CT molecular complexity index is 235. The summed E-state index contributed by atoms with van der Waals surface area (Å²) in [5, 5.41) is 8.77. The molecule has 1 nitrogen and oxygen atoms in total. The number of allylic oxidation sites excluding steroid dienone is 4. The Hall–Kier alpha value is -0.820. The van der Waals surface area contributed by atoms with Crippen LogP contribution in [0.1, 0.15) is 6.42 Å². The van der Waals surface area contributed by atoms with Crippen LogP contribution in [0.25, 0.3) is 0 Å². The lowest BCUT2D eigenvalue weighted by atomic mass is 9.78. The van der Waals surface area contributed by atoms with E-state index in [4.69, 9.17) is 5.11 Å². The smallest absolute Gasteiger partial charge is 0.0679 e. The minimum atomic E-state index is 0.173. The zero-order valence-electron chi connectivity index (χ0n) is 5.75. The quantitative estimate of drug-likeness (QED) is 0.538. The van der Waals surface area contributed by atoms with Gasteiger partial charge in [0.15, 0.2) is 0 Å². The van der Waals surface area contributed by atoms with Crippen LogP contribution < -0.4 is 0 Å². The fourth-order valence-electron chi connectivity index (χ4n) is 1.42. The van der Waals surface area contributed by atoms with Crippen LogP contribution >= 0.6 is 0 Å².